The normalized spacial score (nSPS) is 35.6. The van der Waals surface area contributed by atoms with Gasteiger partial charge in [-0.1, -0.05) is 0 Å². The van der Waals surface area contributed by atoms with Crippen molar-refractivity contribution >= 4 is 0 Å². The Kier molecular flexibility index (Phi) is 4.66. The lowest BCUT2D eigenvalue weighted by Crippen LogP contribution is -2.44. The molecular formula is C10H21NO5. The molecule has 4 atom stereocenters. The summed E-state index contributed by atoms with van der Waals surface area (Å²) < 4.78 is 10.6. The van der Waals surface area contributed by atoms with Crippen molar-refractivity contribution in [2.24, 2.45) is 5.73 Å². The number of ether oxygens (including phenoxy) is 2. The van der Waals surface area contributed by atoms with Gasteiger partial charge < -0.3 is 30.5 Å². The molecular weight excluding hydrogens is 214 g/mol. The van der Waals surface area contributed by atoms with Gasteiger partial charge in [0.2, 0.25) is 0 Å². The van der Waals surface area contributed by atoms with Gasteiger partial charge in [-0.2, -0.15) is 0 Å². The first-order valence-corrected chi connectivity index (χ1v) is 5.41. The van der Waals surface area contributed by atoms with E-state index in [0.29, 0.717) is 6.42 Å². The molecule has 0 aromatic carbocycles. The van der Waals surface area contributed by atoms with Crippen molar-refractivity contribution in [1.29, 1.82) is 0 Å². The van der Waals surface area contributed by atoms with Gasteiger partial charge in [0.1, 0.15) is 0 Å². The number of aliphatic hydroxyl groups is 3. The van der Waals surface area contributed by atoms with Gasteiger partial charge in [0, 0.05) is 6.42 Å². The third-order valence-corrected chi connectivity index (χ3v) is 2.53. The van der Waals surface area contributed by atoms with Crippen molar-refractivity contribution in [2.75, 3.05) is 13.2 Å². The average Bonchev–Trinajstić information content (AvgIpc) is 2.41. The molecule has 0 spiro atoms. The van der Waals surface area contributed by atoms with E-state index in [1.807, 2.05) is 0 Å². The van der Waals surface area contributed by atoms with E-state index < -0.39 is 30.1 Å². The summed E-state index contributed by atoms with van der Waals surface area (Å²) in [7, 11) is 0. The molecule has 1 aliphatic carbocycles. The minimum Gasteiger partial charge on any atom is -0.394 e. The maximum absolute atomic E-state index is 9.76. The fourth-order valence-electron chi connectivity index (χ4n) is 1.86. The average molecular weight is 235 g/mol. The van der Waals surface area contributed by atoms with Gasteiger partial charge in [-0.05, 0) is 13.8 Å². The number of aliphatic hydroxyl groups excluding tert-OH is 2. The van der Waals surface area contributed by atoms with Crippen LogP contribution in [0.25, 0.3) is 0 Å². The Morgan fingerprint density at radius 2 is 2.00 bits per heavy atom. The molecule has 0 bridgehead atoms. The van der Waals surface area contributed by atoms with Crippen molar-refractivity contribution in [2.45, 2.75) is 50.4 Å². The van der Waals surface area contributed by atoms with Crippen LogP contribution in [0.1, 0.15) is 20.3 Å². The van der Waals surface area contributed by atoms with Gasteiger partial charge in [0.25, 0.3) is 0 Å². The molecule has 16 heavy (non-hydrogen) atoms. The van der Waals surface area contributed by atoms with E-state index in [-0.39, 0.29) is 13.2 Å². The summed E-state index contributed by atoms with van der Waals surface area (Å²) in [4.78, 5) is 0. The second-order valence-corrected chi connectivity index (χ2v) is 4.54. The zero-order valence-electron chi connectivity index (χ0n) is 9.67. The van der Waals surface area contributed by atoms with Gasteiger partial charge in [0.05, 0.1) is 37.6 Å². The molecule has 0 aromatic rings. The highest BCUT2D eigenvalue weighted by atomic mass is 16.6. The molecule has 0 saturated heterocycles. The highest BCUT2D eigenvalue weighted by Crippen LogP contribution is 2.27. The SMILES string of the molecule is CC(C)(O)OC1C[C@@H](OCCO)[C@H](O)[C@H]1N. The minimum absolute atomic E-state index is 0.102. The number of nitrogens with two attached hydrogens (primary N) is 1. The molecule has 6 nitrogen and oxygen atoms in total. The lowest BCUT2D eigenvalue weighted by atomic mass is 10.2. The fraction of sp³-hybridized carbons (Fsp3) is 1.00. The standard InChI is InChI=1S/C10H21NO5/c1-10(2,14)16-6-5-7(15-4-3-12)9(13)8(6)11/h6-9,12-14H,3-5,11H2,1-2H3/t6?,7-,8+,9+/m1/s1. The van der Waals surface area contributed by atoms with Crippen LogP contribution in [-0.4, -0.2) is 58.7 Å². The lowest BCUT2D eigenvalue weighted by molar-refractivity contribution is -0.208. The number of hydrogen-bond donors (Lipinski definition) is 4. The molecule has 1 unspecified atom stereocenters. The van der Waals surface area contributed by atoms with Crippen LogP contribution in [0.15, 0.2) is 0 Å². The van der Waals surface area contributed by atoms with Gasteiger partial charge >= 0.3 is 0 Å². The Morgan fingerprint density at radius 3 is 2.50 bits per heavy atom. The summed E-state index contributed by atoms with van der Waals surface area (Å²) in [5, 5.41) is 27.9. The predicted molar refractivity (Wildman–Crippen MR) is 56.6 cm³/mol. The van der Waals surface area contributed by atoms with Gasteiger partial charge in [-0.3, -0.25) is 0 Å². The highest BCUT2D eigenvalue weighted by molar-refractivity contribution is 4.96. The highest BCUT2D eigenvalue weighted by Gasteiger charge is 2.43. The Balaban J connectivity index is 2.50. The molecule has 0 aliphatic heterocycles. The predicted octanol–water partition coefficient (Wildman–Crippen LogP) is -1.43. The largest absolute Gasteiger partial charge is 0.394 e. The number of rotatable bonds is 5. The molecule has 1 saturated carbocycles. The molecule has 96 valence electrons. The summed E-state index contributed by atoms with van der Waals surface area (Å²) in [6, 6.07) is -0.588. The topological polar surface area (TPSA) is 105 Å². The summed E-state index contributed by atoms with van der Waals surface area (Å²) in [5.41, 5.74) is 5.76. The zero-order valence-corrected chi connectivity index (χ0v) is 9.67. The molecule has 0 heterocycles. The van der Waals surface area contributed by atoms with Crippen molar-refractivity contribution in [3.63, 3.8) is 0 Å². The van der Waals surface area contributed by atoms with E-state index in [4.69, 9.17) is 20.3 Å². The van der Waals surface area contributed by atoms with Crippen molar-refractivity contribution in [1.82, 2.24) is 0 Å². The second kappa shape index (κ2) is 5.39. The first-order valence-electron chi connectivity index (χ1n) is 5.41. The molecule has 1 fully saturated rings. The van der Waals surface area contributed by atoms with Crippen LogP contribution < -0.4 is 5.73 Å². The van der Waals surface area contributed by atoms with Crippen LogP contribution in [0.5, 0.6) is 0 Å². The third-order valence-electron chi connectivity index (χ3n) is 2.53. The van der Waals surface area contributed by atoms with Gasteiger partial charge in [0.15, 0.2) is 5.79 Å². The van der Waals surface area contributed by atoms with Crippen LogP contribution in [-0.2, 0) is 9.47 Å². The maximum Gasteiger partial charge on any atom is 0.160 e. The van der Waals surface area contributed by atoms with E-state index in [1.165, 1.54) is 13.8 Å². The first kappa shape index (κ1) is 13.8. The van der Waals surface area contributed by atoms with E-state index in [0.717, 1.165) is 0 Å². The van der Waals surface area contributed by atoms with E-state index in [9.17, 15) is 10.2 Å². The molecule has 0 aromatic heterocycles. The summed E-state index contributed by atoms with van der Waals surface area (Å²) in [6.07, 6.45) is -1.32. The van der Waals surface area contributed by atoms with Crippen LogP contribution in [0, 0.1) is 0 Å². The van der Waals surface area contributed by atoms with Crippen molar-refractivity contribution in [3.8, 4) is 0 Å². The Morgan fingerprint density at radius 1 is 1.38 bits per heavy atom. The first-order chi connectivity index (χ1) is 7.35. The monoisotopic (exact) mass is 235 g/mol. The molecule has 0 amide bonds. The Bertz CT molecular complexity index is 218. The van der Waals surface area contributed by atoms with Crippen LogP contribution in [0.3, 0.4) is 0 Å². The number of hydrogen-bond acceptors (Lipinski definition) is 6. The van der Waals surface area contributed by atoms with Gasteiger partial charge in [-0.15, -0.1) is 0 Å². The Labute approximate surface area is 95.0 Å². The summed E-state index contributed by atoms with van der Waals surface area (Å²) >= 11 is 0. The smallest absolute Gasteiger partial charge is 0.160 e. The van der Waals surface area contributed by atoms with Crippen LogP contribution in [0.2, 0.25) is 0 Å². The Hall–Kier alpha value is -0.240. The minimum atomic E-state index is -1.28. The van der Waals surface area contributed by atoms with E-state index in [1.54, 1.807) is 0 Å². The van der Waals surface area contributed by atoms with Gasteiger partial charge in [-0.25, -0.2) is 0 Å². The van der Waals surface area contributed by atoms with Crippen LogP contribution in [0.4, 0.5) is 0 Å². The molecule has 5 N–H and O–H groups in total. The molecule has 1 rings (SSSR count). The second-order valence-electron chi connectivity index (χ2n) is 4.54. The quantitative estimate of drug-likeness (QED) is 0.435. The summed E-state index contributed by atoms with van der Waals surface area (Å²) in [6.45, 7) is 3.07. The van der Waals surface area contributed by atoms with Crippen LogP contribution >= 0.6 is 0 Å². The lowest BCUT2D eigenvalue weighted by Gasteiger charge is -2.26. The molecule has 0 radical (unpaired) electrons. The molecule has 1 aliphatic rings. The maximum atomic E-state index is 9.76. The van der Waals surface area contributed by atoms with Crippen molar-refractivity contribution in [3.05, 3.63) is 0 Å². The molecule has 6 heteroatoms. The third kappa shape index (κ3) is 3.65. The zero-order chi connectivity index (χ0) is 12.3. The van der Waals surface area contributed by atoms with Crippen molar-refractivity contribution < 1.29 is 24.8 Å². The fourth-order valence-corrected chi connectivity index (χ4v) is 1.86. The van der Waals surface area contributed by atoms with E-state index in [2.05, 4.69) is 0 Å². The summed E-state index contributed by atoms with van der Waals surface area (Å²) in [5.74, 6) is -1.28. The van der Waals surface area contributed by atoms with E-state index >= 15 is 0 Å².